The van der Waals surface area contributed by atoms with Crippen LogP contribution in [0.2, 0.25) is 0 Å². The van der Waals surface area contributed by atoms with Crippen LogP contribution in [0.3, 0.4) is 0 Å². The third-order valence-electron chi connectivity index (χ3n) is 4.85. The molecule has 7 heteroatoms. The molecule has 0 saturated heterocycles. The molecule has 0 aliphatic heterocycles. The number of hydrogen-bond acceptors (Lipinski definition) is 3. The third-order valence-corrected chi connectivity index (χ3v) is 4.85. The van der Waals surface area contributed by atoms with E-state index in [1.807, 2.05) is 48.0 Å². The van der Waals surface area contributed by atoms with E-state index in [2.05, 4.69) is 15.6 Å². The Morgan fingerprint density at radius 1 is 1.19 bits per heavy atom. The molecular weight excluding hydrogens is 332 g/mol. The molecule has 1 fully saturated rings. The molecule has 1 atom stereocenters. The Bertz CT molecular complexity index is 751. The molecule has 0 radical (unpaired) electrons. The summed E-state index contributed by atoms with van der Waals surface area (Å²) in [5.74, 6) is -0.274. The average Bonchev–Trinajstić information content (AvgIpc) is 3.12. The van der Waals surface area contributed by atoms with Gasteiger partial charge >= 0.3 is 12.0 Å². The number of hydrogen-bond donors (Lipinski definition) is 3. The fourth-order valence-corrected chi connectivity index (χ4v) is 3.42. The molecule has 0 bridgehead atoms. The van der Waals surface area contributed by atoms with E-state index in [4.69, 9.17) is 5.11 Å². The second-order valence-electron chi connectivity index (χ2n) is 6.72. The fraction of sp³-hybridized carbons (Fsp3) is 0.421. The Morgan fingerprint density at radius 2 is 1.88 bits per heavy atom. The van der Waals surface area contributed by atoms with Crippen LogP contribution in [0.25, 0.3) is 5.69 Å². The molecule has 0 spiro atoms. The van der Waals surface area contributed by atoms with Crippen LogP contribution in [0.1, 0.15) is 44.5 Å². The number of carbonyl (C=O) groups is 2. The maximum Gasteiger partial charge on any atom is 0.315 e. The van der Waals surface area contributed by atoms with E-state index in [1.54, 1.807) is 6.20 Å². The molecule has 1 heterocycles. The van der Waals surface area contributed by atoms with Gasteiger partial charge < -0.3 is 20.3 Å². The predicted octanol–water partition coefficient (Wildman–Crippen LogP) is 2.88. The summed E-state index contributed by atoms with van der Waals surface area (Å²) in [4.78, 5) is 27.7. The summed E-state index contributed by atoms with van der Waals surface area (Å²) in [7, 11) is 0. The van der Waals surface area contributed by atoms with E-state index < -0.39 is 5.97 Å². The van der Waals surface area contributed by atoms with Crippen LogP contribution >= 0.6 is 0 Å². The molecule has 3 rings (SSSR count). The first-order valence-corrected chi connectivity index (χ1v) is 8.93. The molecule has 7 nitrogen and oxygen atoms in total. The number of nitrogens with zero attached hydrogens (tertiary/aromatic N) is 2. The van der Waals surface area contributed by atoms with Crippen molar-refractivity contribution >= 4 is 12.0 Å². The van der Waals surface area contributed by atoms with Crippen molar-refractivity contribution in [3.63, 3.8) is 0 Å². The minimum absolute atomic E-state index is 0.0201. The van der Waals surface area contributed by atoms with Crippen molar-refractivity contribution < 1.29 is 14.7 Å². The van der Waals surface area contributed by atoms with Crippen molar-refractivity contribution in [1.82, 2.24) is 20.2 Å². The van der Waals surface area contributed by atoms with Crippen molar-refractivity contribution in [2.75, 3.05) is 0 Å². The number of carboxylic acid groups (broad SMARTS) is 1. The van der Waals surface area contributed by atoms with E-state index in [-0.39, 0.29) is 24.0 Å². The zero-order valence-electron chi connectivity index (χ0n) is 14.8. The van der Waals surface area contributed by atoms with Crippen LogP contribution in [0, 0.1) is 5.92 Å². The van der Waals surface area contributed by atoms with Gasteiger partial charge in [-0.2, -0.15) is 0 Å². The van der Waals surface area contributed by atoms with Gasteiger partial charge in [-0.05, 0) is 44.7 Å². The van der Waals surface area contributed by atoms with Gasteiger partial charge in [0.1, 0.15) is 5.82 Å². The molecule has 1 unspecified atom stereocenters. The Hall–Kier alpha value is -2.83. The number of aromatic nitrogens is 2. The lowest BCUT2D eigenvalue weighted by atomic mass is 9.86. The van der Waals surface area contributed by atoms with E-state index in [0.29, 0.717) is 25.7 Å². The quantitative estimate of drug-likeness (QED) is 0.767. The number of benzene rings is 1. The molecule has 1 aromatic carbocycles. The largest absolute Gasteiger partial charge is 0.481 e. The van der Waals surface area contributed by atoms with Gasteiger partial charge in [0.15, 0.2) is 0 Å². The number of urea groups is 1. The molecule has 26 heavy (non-hydrogen) atoms. The number of amides is 2. The predicted molar refractivity (Wildman–Crippen MR) is 97.0 cm³/mol. The van der Waals surface area contributed by atoms with Crippen LogP contribution in [0.5, 0.6) is 0 Å². The number of aliphatic carboxylic acids is 1. The van der Waals surface area contributed by atoms with Crippen molar-refractivity contribution in [1.29, 1.82) is 0 Å². The second-order valence-corrected chi connectivity index (χ2v) is 6.72. The Kier molecular flexibility index (Phi) is 5.55. The minimum Gasteiger partial charge on any atom is -0.481 e. The number of imidazole rings is 1. The second kappa shape index (κ2) is 8.03. The monoisotopic (exact) mass is 356 g/mol. The molecule has 2 aromatic rings. The standard InChI is InChI=1S/C19H24N4O3/c1-13(17-20-11-12-23(17)16-5-3-2-4-6-16)21-19(26)22-15-9-7-14(8-10-15)18(24)25/h2-6,11-15H,7-10H2,1H3,(H,24,25)(H2,21,22,26). The Balaban J connectivity index is 1.56. The first-order chi connectivity index (χ1) is 12.5. The molecule has 1 aliphatic carbocycles. The molecule has 2 amide bonds. The van der Waals surface area contributed by atoms with Crippen molar-refractivity contribution in [2.45, 2.75) is 44.7 Å². The van der Waals surface area contributed by atoms with Crippen molar-refractivity contribution in [2.24, 2.45) is 5.92 Å². The minimum atomic E-state index is -0.741. The zero-order valence-corrected chi connectivity index (χ0v) is 14.8. The highest BCUT2D eigenvalue weighted by molar-refractivity contribution is 5.75. The number of rotatable bonds is 5. The average molecular weight is 356 g/mol. The molecular formula is C19H24N4O3. The topological polar surface area (TPSA) is 96.2 Å². The van der Waals surface area contributed by atoms with E-state index in [0.717, 1.165) is 11.5 Å². The van der Waals surface area contributed by atoms with Crippen LogP contribution in [-0.2, 0) is 4.79 Å². The summed E-state index contributed by atoms with van der Waals surface area (Å²) in [6.45, 7) is 1.89. The van der Waals surface area contributed by atoms with Crippen LogP contribution in [0.4, 0.5) is 4.79 Å². The number of nitrogens with one attached hydrogen (secondary N) is 2. The fourth-order valence-electron chi connectivity index (χ4n) is 3.42. The van der Waals surface area contributed by atoms with Gasteiger partial charge in [0.2, 0.25) is 0 Å². The van der Waals surface area contributed by atoms with Gasteiger partial charge in [0, 0.05) is 24.1 Å². The Labute approximate surface area is 152 Å². The van der Waals surface area contributed by atoms with Crippen LogP contribution in [-0.4, -0.2) is 32.7 Å². The summed E-state index contributed by atoms with van der Waals surface area (Å²) in [6.07, 6.45) is 6.18. The first kappa shape index (κ1) is 18.0. The number of carboxylic acids is 1. The first-order valence-electron chi connectivity index (χ1n) is 8.93. The number of carbonyl (C=O) groups excluding carboxylic acids is 1. The highest BCUT2D eigenvalue weighted by Gasteiger charge is 2.27. The lowest BCUT2D eigenvalue weighted by Gasteiger charge is -2.27. The summed E-state index contributed by atoms with van der Waals surface area (Å²) in [5, 5.41) is 14.9. The number of para-hydroxylation sites is 1. The molecule has 1 aromatic heterocycles. The van der Waals surface area contributed by atoms with E-state index in [9.17, 15) is 9.59 Å². The SMILES string of the molecule is CC(NC(=O)NC1CCC(C(=O)O)CC1)c1nccn1-c1ccccc1. The van der Waals surface area contributed by atoms with Gasteiger partial charge in [-0.15, -0.1) is 0 Å². The molecule has 1 saturated carbocycles. The van der Waals surface area contributed by atoms with E-state index >= 15 is 0 Å². The van der Waals surface area contributed by atoms with E-state index in [1.165, 1.54) is 0 Å². The smallest absolute Gasteiger partial charge is 0.315 e. The Morgan fingerprint density at radius 3 is 2.54 bits per heavy atom. The highest BCUT2D eigenvalue weighted by Crippen LogP contribution is 2.24. The maximum absolute atomic E-state index is 12.3. The highest BCUT2D eigenvalue weighted by atomic mass is 16.4. The normalized spacial score (nSPS) is 21.0. The summed E-state index contributed by atoms with van der Waals surface area (Å²) in [5.41, 5.74) is 0.987. The van der Waals surface area contributed by atoms with Gasteiger partial charge in [-0.1, -0.05) is 18.2 Å². The van der Waals surface area contributed by atoms with Gasteiger partial charge in [0.05, 0.1) is 12.0 Å². The van der Waals surface area contributed by atoms with Crippen molar-refractivity contribution in [3.05, 3.63) is 48.5 Å². The summed E-state index contributed by atoms with van der Waals surface area (Å²) in [6, 6.07) is 9.34. The summed E-state index contributed by atoms with van der Waals surface area (Å²) < 4.78 is 1.95. The lowest BCUT2D eigenvalue weighted by Crippen LogP contribution is -2.45. The molecule has 1 aliphatic rings. The van der Waals surface area contributed by atoms with Crippen LogP contribution < -0.4 is 10.6 Å². The molecule has 3 N–H and O–H groups in total. The van der Waals surface area contributed by atoms with Crippen LogP contribution in [0.15, 0.2) is 42.7 Å². The van der Waals surface area contributed by atoms with Crippen molar-refractivity contribution in [3.8, 4) is 5.69 Å². The third kappa shape index (κ3) is 4.22. The summed E-state index contributed by atoms with van der Waals surface area (Å²) >= 11 is 0. The van der Waals surface area contributed by atoms with Gasteiger partial charge in [-0.25, -0.2) is 9.78 Å². The van der Waals surface area contributed by atoms with Gasteiger partial charge in [-0.3, -0.25) is 4.79 Å². The molecule has 138 valence electrons. The maximum atomic E-state index is 12.3. The van der Waals surface area contributed by atoms with Gasteiger partial charge in [0.25, 0.3) is 0 Å². The lowest BCUT2D eigenvalue weighted by molar-refractivity contribution is -0.142. The zero-order chi connectivity index (χ0) is 18.5.